The highest BCUT2D eigenvalue weighted by atomic mass is 16.3. The Kier molecular flexibility index (Phi) is 15.3. The Morgan fingerprint density at radius 3 is 0.945 bits per heavy atom. The molecule has 0 amide bonds. The highest BCUT2D eigenvalue weighted by molar-refractivity contribution is 6.18. The molecule has 0 N–H and O–H groups in total. The van der Waals surface area contributed by atoms with Crippen molar-refractivity contribution in [2.75, 3.05) is 9.80 Å². The lowest BCUT2D eigenvalue weighted by molar-refractivity contribution is 0.590. The van der Waals surface area contributed by atoms with Crippen LogP contribution in [0.25, 0.3) is 154 Å². The molecule has 0 bridgehead atoms. The molecule has 21 aromatic rings. The molecule has 0 saturated carbocycles. The van der Waals surface area contributed by atoms with E-state index in [-0.39, 0.29) is 66.4 Å². The average Bonchev–Trinajstić information content (AvgIpc) is 0.727. The minimum absolute atomic E-state index is 0.00981. The van der Waals surface area contributed by atoms with Gasteiger partial charge in [-0.3, -0.25) is 0 Å². The van der Waals surface area contributed by atoms with E-state index in [9.17, 15) is 11.0 Å². The van der Waals surface area contributed by atoms with E-state index in [0.717, 1.165) is 144 Å². The van der Waals surface area contributed by atoms with E-state index in [1.807, 2.05) is 6.07 Å². The summed E-state index contributed by atoms with van der Waals surface area (Å²) in [6, 6.07) is 98.0. The summed E-state index contributed by atoms with van der Waals surface area (Å²) in [6.45, 7) is 41.1. The first kappa shape index (κ1) is 70.3. The van der Waals surface area contributed by atoms with Gasteiger partial charge < -0.3 is 32.5 Å². The van der Waals surface area contributed by atoms with Crippen LogP contribution < -0.4 is 9.80 Å². The van der Waals surface area contributed by atoms with E-state index in [1.165, 1.54) is 44.2 Å². The highest BCUT2D eigenvalue weighted by Crippen LogP contribution is 2.64. The van der Waals surface area contributed by atoms with Crippen LogP contribution in [0.5, 0.6) is 0 Å². The minimum atomic E-state index is -0.587. The fraction of sp³-hybridized carbons (Fsp3) is 0.207. The van der Waals surface area contributed by atoms with Crippen molar-refractivity contribution in [2.24, 2.45) is 0 Å². The molecule has 23 rings (SSSR count). The van der Waals surface area contributed by atoms with Gasteiger partial charge >= 0.3 is 0 Å². The van der Waals surface area contributed by atoms with E-state index >= 15 is 0 Å². The minimum Gasteiger partial charge on any atom is -0.452 e. The van der Waals surface area contributed by atoms with Gasteiger partial charge in [-0.25, -0.2) is 0 Å². The summed E-state index contributed by atoms with van der Waals surface area (Å²) in [7, 11) is 0. The van der Waals surface area contributed by atoms with Crippen LogP contribution in [0.3, 0.4) is 0 Å². The molecule has 0 radical (unpaired) electrons. The second-order valence-electron chi connectivity index (χ2n) is 42.1. The topological polar surface area (TPSA) is 39.3 Å². The largest absolute Gasteiger partial charge is 0.452 e. The van der Waals surface area contributed by atoms with Crippen LogP contribution in [0.15, 0.2) is 326 Å². The summed E-state index contributed by atoms with van der Waals surface area (Å²) in [6.07, 6.45) is 0. The van der Waals surface area contributed by atoms with Crippen LogP contribution in [-0.2, 0) is 32.5 Å². The van der Waals surface area contributed by atoms with Gasteiger partial charge in [0.15, 0.2) is 11.2 Å². The van der Waals surface area contributed by atoms with Gasteiger partial charge in [0.1, 0.15) is 0 Å². The number of rotatable bonds is 8. The molecule has 7 heteroatoms. The normalized spacial score (nSPS) is 14.9. The summed E-state index contributed by atoms with van der Waals surface area (Å²) in [5.41, 5.74) is 29.1. The molecular weight excluding hydrogens is 1550 g/mol. The lowest BCUT2D eigenvalue weighted by Gasteiger charge is -2.45. The predicted molar refractivity (Wildman–Crippen MR) is 544 cm³/mol. The first-order chi connectivity index (χ1) is 64.6. The number of anilines is 6. The smallest absolute Gasteiger partial charge is 0.159 e. The van der Waals surface area contributed by atoms with Crippen molar-refractivity contribution in [2.45, 2.75) is 163 Å². The monoisotopic (exact) mass is 1670 g/mol. The van der Waals surface area contributed by atoms with E-state index in [4.69, 9.17) is 4.42 Å². The summed E-state index contributed by atoms with van der Waals surface area (Å²) >= 11 is 0. The Morgan fingerprint density at radius 1 is 0.227 bits per heavy atom. The molecule has 1 atom stereocenters. The zero-order valence-electron chi connectivity index (χ0n) is 84.1. The number of nitrogens with zero attached hydrogens (tertiary/aromatic N) is 6. The molecule has 628 valence electrons. The summed E-state index contributed by atoms with van der Waals surface area (Å²) in [5.74, 6) is -0.587. The van der Waals surface area contributed by atoms with Crippen molar-refractivity contribution in [3.63, 3.8) is 0 Å². The van der Waals surface area contributed by atoms with Crippen LogP contribution in [-0.4, -0.2) is 18.3 Å². The Balaban J connectivity index is 0.897. The molecule has 0 fully saturated rings. The molecule has 1 unspecified atom stereocenters. The molecule has 2 aliphatic rings. The third kappa shape index (κ3) is 12.3. The maximum absolute atomic E-state index is 10.1. The molecule has 0 saturated heterocycles. The van der Waals surface area contributed by atoms with Crippen molar-refractivity contribution in [3.05, 3.63) is 371 Å². The quantitative estimate of drug-likeness (QED) is 0.152. The van der Waals surface area contributed by atoms with Crippen LogP contribution in [0, 0.1) is 0 Å². The SMILES string of the molecule is [2H]c1c([2H])c([2H])c2c(c1[2H])c1c([2H])c([2H])c([2H])c([2H])c1n2-c1ccc2c(c1)N(c1cccc3c1oc1c(-n4c5ccc(C(C)(C)C)cc5c5cc(C(C)(C)C)ccc54)cccc13)c1cc(-n3c4ccc(C(C)(C)C)cc4c4cc(C(C)(C)C)ccc43)cc3c1C2c1ccc(-n2c4ccc(C(C)(C)C)cc4c4cc(C(C)(C)C)ccc42)cc1N3c1cc(-c2ccccc2)cc(-c2ccccc2)c1. The second kappa shape index (κ2) is 27.8. The van der Waals surface area contributed by atoms with Gasteiger partial charge in [0.25, 0.3) is 0 Å². The van der Waals surface area contributed by atoms with E-state index in [2.05, 4.69) is 415 Å². The van der Waals surface area contributed by atoms with Crippen molar-refractivity contribution in [1.82, 2.24) is 18.3 Å². The number of para-hydroxylation sites is 4. The van der Waals surface area contributed by atoms with Crippen molar-refractivity contribution >= 4 is 143 Å². The molecule has 7 heterocycles. The van der Waals surface area contributed by atoms with Gasteiger partial charge in [-0.1, -0.05) is 294 Å². The zero-order chi connectivity index (χ0) is 95.0. The average molecular weight is 1670 g/mol. The maximum Gasteiger partial charge on any atom is 0.159 e. The molecule has 128 heavy (non-hydrogen) atoms. The van der Waals surface area contributed by atoms with Crippen LogP contribution in [0.4, 0.5) is 34.1 Å². The van der Waals surface area contributed by atoms with Gasteiger partial charge in [0.05, 0.1) is 94.9 Å². The third-order valence-electron chi connectivity index (χ3n) is 27.7. The van der Waals surface area contributed by atoms with Gasteiger partial charge in [-0.05, 0) is 251 Å². The lowest BCUT2D eigenvalue weighted by atomic mass is 9.75. The first-order valence-corrected chi connectivity index (χ1v) is 45.1. The second-order valence-corrected chi connectivity index (χ2v) is 42.1. The molecule has 16 aromatic carbocycles. The maximum atomic E-state index is 10.1. The lowest BCUT2D eigenvalue weighted by Crippen LogP contribution is -2.30. The molecule has 0 spiro atoms. The number of hydrogen-bond acceptors (Lipinski definition) is 3. The third-order valence-corrected chi connectivity index (χ3v) is 27.7. The number of benzene rings is 16. The van der Waals surface area contributed by atoms with Gasteiger partial charge in [-0.15, -0.1) is 0 Å². The molecule has 5 aromatic heterocycles. The van der Waals surface area contributed by atoms with Gasteiger partial charge in [-0.2, -0.15) is 0 Å². The number of aromatic nitrogens is 4. The molecular formula is C121H108N6O. The van der Waals surface area contributed by atoms with E-state index in [0.29, 0.717) is 28.2 Å². The molecule has 2 aliphatic heterocycles. The summed E-state index contributed by atoms with van der Waals surface area (Å²) in [4.78, 5) is 4.92. The molecule has 0 aliphatic carbocycles. The Hall–Kier alpha value is -13.9. The van der Waals surface area contributed by atoms with Crippen LogP contribution >= 0.6 is 0 Å². The Morgan fingerprint density at radius 2 is 0.555 bits per heavy atom. The standard InChI is InChI=1S/C121H108N6O/c1-116(2,3)76-43-53-100-92(62-76)93-63-77(117(4,5)6)44-54-101(93)123(100)82-49-51-90-108(68-82)125(84-60-74(72-31-21-19-22-32-72)59-75(61-84)73-33-23-20-24-34-73)110-70-85(124-102-55-45-78(118(7,8)9)64-94(102)95-65-79(119(10,11)12)46-56-103(95)124)71-111-113(110)112(90)91-52-50-83(122-98-39-27-25-35-86(98)87-36-26-28-40-99(87)122)69-109(91)127(111)107-42-30-38-89-88-37-29-41-106(114(88)128-115(89)107)126-104-57-47-80(120(13,14)15)66-96(104)97-67-81(121(16,17)18)48-58-105(97)126/h19-71,112H,1-18H3/i25D,26D,27D,28D,35D,36D,39D,40D. The first-order valence-electron chi connectivity index (χ1n) is 49.1. The Labute approximate surface area is 761 Å². The molecule has 7 nitrogen and oxygen atoms in total. The van der Waals surface area contributed by atoms with Crippen LogP contribution in [0.1, 0.15) is 192 Å². The van der Waals surface area contributed by atoms with Crippen LogP contribution in [0.2, 0.25) is 0 Å². The fourth-order valence-electron chi connectivity index (χ4n) is 20.7. The van der Waals surface area contributed by atoms with Crippen molar-refractivity contribution in [3.8, 4) is 45.0 Å². The zero-order valence-corrected chi connectivity index (χ0v) is 76.1. The predicted octanol–water partition coefficient (Wildman–Crippen LogP) is 33.8. The number of fused-ring (bicyclic) bond motifs is 19. The van der Waals surface area contributed by atoms with Gasteiger partial charge in [0, 0.05) is 82.4 Å². The highest BCUT2D eigenvalue weighted by Gasteiger charge is 2.44. The van der Waals surface area contributed by atoms with Crippen molar-refractivity contribution < 1.29 is 15.4 Å². The van der Waals surface area contributed by atoms with Crippen molar-refractivity contribution in [1.29, 1.82) is 0 Å². The Bertz CT molecular complexity index is 8430. The number of furan rings is 1. The van der Waals surface area contributed by atoms with E-state index < -0.39 is 42.2 Å². The summed E-state index contributed by atoms with van der Waals surface area (Å²) < 4.78 is 94.2. The fourth-order valence-corrected chi connectivity index (χ4v) is 20.7. The number of hydrogen-bond donors (Lipinski definition) is 0. The summed E-state index contributed by atoms with van der Waals surface area (Å²) in [5, 5.41) is 8.62. The van der Waals surface area contributed by atoms with Gasteiger partial charge in [0.2, 0.25) is 0 Å². The van der Waals surface area contributed by atoms with E-state index in [1.54, 1.807) is 4.57 Å².